The molecule has 0 bridgehead atoms. The number of pyridine rings is 1. The van der Waals surface area contributed by atoms with Crippen LogP contribution in [-0.2, 0) is 22.6 Å². The van der Waals surface area contributed by atoms with Crippen LogP contribution in [0.2, 0.25) is 0 Å². The zero-order chi connectivity index (χ0) is 13.9. The second-order valence-corrected chi connectivity index (χ2v) is 4.86. The highest BCUT2D eigenvalue weighted by molar-refractivity contribution is 5.13. The molecule has 0 saturated heterocycles. The zero-order valence-corrected chi connectivity index (χ0v) is 12.3. The zero-order valence-electron chi connectivity index (χ0n) is 12.3. The third-order valence-electron chi connectivity index (χ3n) is 2.57. The van der Waals surface area contributed by atoms with E-state index in [0.717, 1.165) is 25.3 Å². The van der Waals surface area contributed by atoms with Gasteiger partial charge in [0.15, 0.2) is 0 Å². The van der Waals surface area contributed by atoms with Crippen LogP contribution in [0.1, 0.15) is 38.4 Å². The van der Waals surface area contributed by atoms with Gasteiger partial charge in [0.1, 0.15) is 0 Å². The van der Waals surface area contributed by atoms with Gasteiger partial charge in [0, 0.05) is 25.4 Å². The molecule has 108 valence electrons. The third kappa shape index (κ3) is 7.93. The van der Waals surface area contributed by atoms with Crippen molar-refractivity contribution in [3.63, 3.8) is 0 Å². The normalized spacial score (nSPS) is 11.2. The summed E-state index contributed by atoms with van der Waals surface area (Å²) in [6.45, 7) is 9.86. The lowest BCUT2D eigenvalue weighted by atomic mass is 10.2. The van der Waals surface area contributed by atoms with Crippen LogP contribution in [0.4, 0.5) is 0 Å². The maximum Gasteiger partial charge on any atom is 0.0889 e. The van der Waals surface area contributed by atoms with Crippen molar-refractivity contribution in [3.05, 3.63) is 29.6 Å². The predicted molar refractivity (Wildman–Crippen MR) is 77.0 cm³/mol. The van der Waals surface area contributed by atoms with Crippen molar-refractivity contribution < 1.29 is 9.47 Å². The molecular weight excluding hydrogens is 240 g/mol. The maximum absolute atomic E-state index is 5.50. The van der Waals surface area contributed by atoms with E-state index in [0.29, 0.717) is 25.9 Å². The lowest BCUT2D eigenvalue weighted by Crippen LogP contribution is -2.21. The molecule has 0 radical (unpaired) electrons. The fourth-order valence-electron chi connectivity index (χ4n) is 1.51. The predicted octanol–water partition coefficient (Wildman–Crippen LogP) is 2.52. The summed E-state index contributed by atoms with van der Waals surface area (Å²) in [5.74, 6) is 0. The summed E-state index contributed by atoms with van der Waals surface area (Å²) >= 11 is 0. The molecule has 4 nitrogen and oxygen atoms in total. The van der Waals surface area contributed by atoms with Crippen LogP contribution in [0.25, 0.3) is 0 Å². The van der Waals surface area contributed by atoms with E-state index in [2.05, 4.69) is 37.1 Å². The van der Waals surface area contributed by atoms with Gasteiger partial charge >= 0.3 is 0 Å². The van der Waals surface area contributed by atoms with Crippen molar-refractivity contribution in [2.75, 3.05) is 19.8 Å². The Morgan fingerprint density at radius 2 is 1.95 bits per heavy atom. The molecule has 0 atom stereocenters. The van der Waals surface area contributed by atoms with Crippen LogP contribution in [0.3, 0.4) is 0 Å². The second-order valence-electron chi connectivity index (χ2n) is 4.86. The summed E-state index contributed by atoms with van der Waals surface area (Å²) in [4.78, 5) is 4.38. The van der Waals surface area contributed by atoms with E-state index >= 15 is 0 Å². The molecule has 0 unspecified atom stereocenters. The van der Waals surface area contributed by atoms with E-state index in [-0.39, 0.29) is 0 Å². The summed E-state index contributed by atoms with van der Waals surface area (Å²) in [7, 11) is 0. The van der Waals surface area contributed by atoms with E-state index in [4.69, 9.17) is 9.47 Å². The number of hydrogen-bond acceptors (Lipinski definition) is 4. The van der Waals surface area contributed by atoms with Gasteiger partial charge in [0.25, 0.3) is 0 Å². The highest BCUT2D eigenvalue weighted by Gasteiger charge is 1.98. The molecule has 0 aliphatic carbocycles. The molecule has 0 aliphatic heterocycles. The smallest absolute Gasteiger partial charge is 0.0889 e. The average molecular weight is 266 g/mol. The molecule has 1 aromatic heterocycles. The average Bonchev–Trinajstić information content (AvgIpc) is 2.41. The first-order chi connectivity index (χ1) is 9.22. The summed E-state index contributed by atoms with van der Waals surface area (Å²) in [6.07, 6.45) is 2.95. The van der Waals surface area contributed by atoms with Gasteiger partial charge in [-0.1, -0.05) is 26.8 Å². The van der Waals surface area contributed by atoms with Crippen LogP contribution in [0.15, 0.2) is 18.3 Å². The number of nitrogens with one attached hydrogen (secondary N) is 1. The minimum Gasteiger partial charge on any atom is -0.379 e. The summed E-state index contributed by atoms with van der Waals surface area (Å²) in [5.41, 5.74) is 2.16. The first-order valence-electron chi connectivity index (χ1n) is 7.05. The molecule has 0 amide bonds. The standard InChI is InChI=1S/C15H26N2O2/c1-4-7-18-8-9-19-12-15-6-5-14(11-17-15)10-16-13(2)3/h5-6,11,13,16H,4,7-10,12H2,1-3H3. The highest BCUT2D eigenvalue weighted by atomic mass is 16.5. The van der Waals surface area contributed by atoms with Gasteiger partial charge in [-0.05, 0) is 18.1 Å². The quantitative estimate of drug-likeness (QED) is 0.661. The van der Waals surface area contributed by atoms with Crippen molar-refractivity contribution in [1.82, 2.24) is 10.3 Å². The van der Waals surface area contributed by atoms with Crippen molar-refractivity contribution >= 4 is 0 Å². The molecule has 0 aliphatic rings. The van der Waals surface area contributed by atoms with Crippen LogP contribution in [-0.4, -0.2) is 30.8 Å². The van der Waals surface area contributed by atoms with Gasteiger partial charge < -0.3 is 14.8 Å². The van der Waals surface area contributed by atoms with E-state index in [9.17, 15) is 0 Å². The van der Waals surface area contributed by atoms with Crippen molar-refractivity contribution in [3.8, 4) is 0 Å². The lowest BCUT2D eigenvalue weighted by Gasteiger charge is -2.08. The summed E-state index contributed by atoms with van der Waals surface area (Å²) in [5, 5.41) is 3.37. The molecule has 0 saturated carbocycles. The van der Waals surface area contributed by atoms with Gasteiger partial charge in [-0.25, -0.2) is 0 Å². The largest absolute Gasteiger partial charge is 0.379 e. The Morgan fingerprint density at radius 3 is 2.58 bits per heavy atom. The van der Waals surface area contributed by atoms with Crippen LogP contribution in [0, 0.1) is 0 Å². The summed E-state index contributed by atoms with van der Waals surface area (Å²) < 4.78 is 10.8. The fourth-order valence-corrected chi connectivity index (χ4v) is 1.51. The van der Waals surface area contributed by atoms with Crippen LogP contribution in [0.5, 0.6) is 0 Å². The molecule has 1 aromatic rings. The maximum atomic E-state index is 5.50. The number of rotatable bonds is 10. The molecular formula is C15H26N2O2. The number of ether oxygens (including phenoxy) is 2. The minimum atomic E-state index is 0.492. The second kappa shape index (κ2) is 9.89. The van der Waals surface area contributed by atoms with Gasteiger partial charge in [-0.2, -0.15) is 0 Å². The first-order valence-corrected chi connectivity index (χ1v) is 7.05. The molecule has 1 heterocycles. The molecule has 0 aromatic carbocycles. The minimum absolute atomic E-state index is 0.492. The van der Waals surface area contributed by atoms with Crippen molar-refractivity contribution in [2.24, 2.45) is 0 Å². The van der Waals surface area contributed by atoms with E-state index in [1.165, 1.54) is 5.56 Å². The molecule has 1 N–H and O–H groups in total. The van der Waals surface area contributed by atoms with Crippen LogP contribution >= 0.6 is 0 Å². The Bertz CT molecular complexity index is 325. The fraction of sp³-hybridized carbons (Fsp3) is 0.667. The number of hydrogen-bond donors (Lipinski definition) is 1. The number of aromatic nitrogens is 1. The van der Waals surface area contributed by atoms with Gasteiger partial charge in [-0.15, -0.1) is 0 Å². The van der Waals surface area contributed by atoms with E-state index in [1.807, 2.05) is 12.3 Å². The van der Waals surface area contributed by atoms with Crippen molar-refractivity contribution in [1.29, 1.82) is 0 Å². The lowest BCUT2D eigenvalue weighted by molar-refractivity contribution is 0.0397. The molecule has 0 spiro atoms. The molecule has 0 fully saturated rings. The van der Waals surface area contributed by atoms with Gasteiger partial charge in [0.2, 0.25) is 0 Å². The Hall–Kier alpha value is -0.970. The SMILES string of the molecule is CCCOCCOCc1ccc(CNC(C)C)cn1. The van der Waals surface area contributed by atoms with Crippen LogP contribution < -0.4 is 5.32 Å². The first kappa shape index (κ1) is 16.1. The van der Waals surface area contributed by atoms with E-state index < -0.39 is 0 Å². The Kier molecular flexibility index (Phi) is 8.38. The topological polar surface area (TPSA) is 43.4 Å². The highest BCUT2D eigenvalue weighted by Crippen LogP contribution is 2.02. The Balaban J connectivity index is 2.17. The monoisotopic (exact) mass is 266 g/mol. The van der Waals surface area contributed by atoms with E-state index in [1.54, 1.807) is 0 Å². The Labute approximate surface area is 116 Å². The summed E-state index contributed by atoms with van der Waals surface area (Å²) in [6, 6.07) is 4.60. The molecule has 4 heteroatoms. The number of nitrogens with zero attached hydrogens (tertiary/aromatic N) is 1. The van der Waals surface area contributed by atoms with Gasteiger partial charge in [0.05, 0.1) is 25.5 Å². The van der Waals surface area contributed by atoms with Crippen molar-refractivity contribution in [2.45, 2.75) is 46.4 Å². The van der Waals surface area contributed by atoms with Gasteiger partial charge in [-0.3, -0.25) is 4.98 Å². The molecule has 19 heavy (non-hydrogen) atoms. The Morgan fingerprint density at radius 1 is 1.16 bits per heavy atom. The third-order valence-corrected chi connectivity index (χ3v) is 2.57. The molecule has 1 rings (SSSR count).